The molecule has 0 saturated carbocycles. The van der Waals surface area contributed by atoms with E-state index in [1.54, 1.807) is 0 Å². The monoisotopic (exact) mass is 273 g/mol. The summed E-state index contributed by atoms with van der Waals surface area (Å²) in [5.41, 5.74) is 7.70. The fourth-order valence-corrected chi connectivity index (χ4v) is 3.98. The molecular formula is C15H19N3S. The number of aromatic nitrogens is 1. The van der Waals surface area contributed by atoms with Crippen molar-refractivity contribution in [3.8, 4) is 0 Å². The first kappa shape index (κ1) is 12.9. The van der Waals surface area contributed by atoms with E-state index >= 15 is 0 Å². The number of thioether (sulfide) groups is 1. The lowest BCUT2D eigenvalue weighted by atomic mass is 9.97. The number of nitrogens with zero attached hydrogens (tertiary/aromatic N) is 2. The highest BCUT2D eigenvalue weighted by Gasteiger charge is 2.27. The van der Waals surface area contributed by atoms with Crippen LogP contribution in [0.25, 0.3) is 10.8 Å². The molecular weight excluding hydrogens is 254 g/mol. The van der Waals surface area contributed by atoms with Crippen LogP contribution in [0.3, 0.4) is 0 Å². The highest BCUT2D eigenvalue weighted by atomic mass is 32.2. The number of pyridine rings is 1. The molecule has 2 heterocycles. The first-order chi connectivity index (χ1) is 9.27. The number of hydrogen-bond acceptors (Lipinski definition) is 4. The Kier molecular flexibility index (Phi) is 3.73. The Morgan fingerprint density at radius 1 is 1.37 bits per heavy atom. The predicted molar refractivity (Wildman–Crippen MR) is 82.4 cm³/mol. The standard InChI is InChI=1S/C15H19N3S/c1-18-6-7-19-10-14(18)15(16)13-9-17-8-11-4-2-3-5-12(11)13/h2-5,8-9,14-15H,6-7,10,16H2,1H3. The van der Waals surface area contributed by atoms with Gasteiger partial charge in [-0.3, -0.25) is 9.88 Å². The van der Waals surface area contributed by atoms with Crippen LogP contribution in [0.4, 0.5) is 0 Å². The van der Waals surface area contributed by atoms with Gasteiger partial charge < -0.3 is 5.73 Å². The van der Waals surface area contributed by atoms with E-state index in [2.05, 4.69) is 35.1 Å². The number of nitrogens with two attached hydrogens (primary N) is 1. The Morgan fingerprint density at radius 2 is 2.21 bits per heavy atom. The molecule has 1 aliphatic rings. The van der Waals surface area contributed by atoms with Crippen molar-refractivity contribution in [2.24, 2.45) is 5.73 Å². The third-order valence-corrected chi connectivity index (χ3v) is 4.96. The second-order valence-corrected chi connectivity index (χ2v) is 6.25. The Labute approximate surface area is 118 Å². The lowest BCUT2D eigenvalue weighted by Gasteiger charge is -2.36. The SMILES string of the molecule is CN1CCSCC1C(N)c1cncc2ccccc12. The second kappa shape index (κ2) is 5.49. The third kappa shape index (κ3) is 2.48. The van der Waals surface area contributed by atoms with E-state index < -0.39 is 0 Å². The van der Waals surface area contributed by atoms with Gasteiger partial charge >= 0.3 is 0 Å². The van der Waals surface area contributed by atoms with Gasteiger partial charge in [0.15, 0.2) is 0 Å². The summed E-state index contributed by atoms with van der Waals surface area (Å²) >= 11 is 1.99. The first-order valence-corrected chi connectivity index (χ1v) is 7.79. The fourth-order valence-electron chi connectivity index (χ4n) is 2.70. The summed E-state index contributed by atoms with van der Waals surface area (Å²) in [5.74, 6) is 2.30. The molecule has 0 spiro atoms. The van der Waals surface area contributed by atoms with Crippen LogP contribution in [-0.2, 0) is 0 Å². The Balaban J connectivity index is 1.99. The van der Waals surface area contributed by atoms with E-state index in [1.807, 2.05) is 30.2 Å². The normalized spacial score (nSPS) is 22.5. The molecule has 0 amide bonds. The van der Waals surface area contributed by atoms with Gasteiger partial charge in [-0.2, -0.15) is 11.8 Å². The highest BCUT2D eigenvalue weighted by Crippen LogP contribution is 2.29. The summed E-state index contributed by atoms with van der Waals surface area (Å²) in [5, 5.41) is 2.40. The topological polar surface area (TPSA) is 42.1 Å². The van der Waals surface area contributed by atoms with Gasteiger partial charge in [0.25, 0.3) is 0 Å². The van der Waals surface area contributed by atoms with Crippen molar-refractivity contribution in [2.45, 2.75) is 12.1 Å². The molecule has 19 heavy (non-hydrogen) atoms. The number of benzene rings is 1. The zero-order valence-electron chi connectivity index (χ0n) is 11.1. The van der Waals surface area contributed by atoms with Crippen LogP contribution < -0.4 is 5.73 Å². The molecule has 3 rings (SSSR count). The molecule has 2 unspecified atom stereocenters. The zero-order chi connectivity index (χ0) is 13.2. The average molecular weight is 273 g/mol. The molecule has 0 bridgehead atoms. The molecule has 2 aromatic rings. The lowest BCUT2D eigenvalue weighted by Crippen LogP contribution is -2.46. The Bertz CT molecular complexity index is 567. The van der Waals surface area contributed by atoms with Crippen LogP contribution >= 0.6 is 11.8 Å². The molecule has 1 saturated heterocycles. The quantitative estimate of drug-likeness (QED) is 0.911. The van der Waals surface area contributed by atoms with Crippen molar-refractivity contribution in [1.82, 2.24) is 9.88 Å². The van der Waals surface area contributed by atoms with Crippen molar-refractivity contribution in [3.63, 3.8) is 0 Å². The fraction of sp³-hybridized carbons (Fsp3) is 0.400. The first-order valence-electron chi connectivity index (χ1n) is 6.63. The molecule has 0 aliphatic carbocycles. The van der Waals surface area contributed by atoms with E-state index in [4.69, 9.17) is 5.73 Å². The molecule has 100 valence electrons. The number of rotatable bonds is 2. The molecule has 1 aliphatic heterocycles. The number of likely N-dealkylation sites (N-methyl/N-ethyl adjacent to an activating group) is 1. The summed E-state index contributed by atoms with van der Waals surface area (Å²) in [7, 11) is 2.17. The van der Waals surface area contributed by atoms with Crippen molar-refractivity contribution < 1.29 is 0 Å². The molecule has 3 nitrogen and oxygen atoms in total. The van der Waals surface area contributed by atoms with Crippen molar-refractivity contribution >= 4 is 22.5 Å². The summed E-state index contributed by atoms with van der Waals surface area (Å²) < 4.78 is 0. The van der Waals surface area contributed by atoms with E-state index in [0.29, 0.717) is 6.04 Å². The summed E-state index contributed by atoms with van der Waals surface area (Å²) in [6, 6.07) is 8.77. The van der Waals surface area contributed by atoms with E-state index in [0.717, 1.165) is 17.9 Å². The van der Waals surface area contributed by atoms with Crippen LogP contribution in [0, 0.1) is 0 Å². The van der Waals surface area contributed by atoms with Gasteiger partial charge in [-0.25, -0.2) is 0 Å². The van der Waals surface area contributed by atoms with Gasteiger partial charge in [0, 0.05) is 47.9 Å². The molecule has 4 heteroatoms. The van der Waals surface area contributed by atoms with Crippen molar-refractivity contribution in [2.75, 3.05) is 25.1 Å². The molecule has 1 aromatic heterocycles. The molecule has 1 fully saturated rings. The van der Waals surface area contributed by atoms with Gasteiger partial charge in [-0.1, -0.05) is 24.3 Å². The predicted octanol–water partition coefficient (Wildman–Crippen LogP) is 2.28. The molecule has 2 atom stereocenters. The lowest BCUT2D eigenvalue weighted by molar-refractivity contribution is 0.238. The summed E-state index contributed by atoms with van der Waals surface area (Å²) in [6.07, 6.45) is 3.84. The highest BCUT2D eigenvalue weighted by molar-refractivity contribution is 7.99. The molecule has 1 aromatic carbocycles. The zero-order valence-corrected chi connectivity index (χ0v) is 11.9. The van der Waals surface area contributed by atoms with Crippen LogP contribution in [-0.4, -0.2) is 41.0 Å². The average Bonchev–Trinajstić information content (AvgIpc) is 2.46. The van der Waals surface area contributed by atoms with Gasteiger partial charge in [-0.05, 0) is 18.0 Å². The maximum atomic E-state index is 6.53. The number of fused-ring (bicyclic) bond motifs is 1. The molecule has 0 radical (unpaired) electrons. The minimum atomic E-state index is 0.0244. The van der Waals surface area contributed by atoms with Gasteiger partial charge in [0.05, 0.1) is 0 Å². The van der Waals surface area contributed by atoms with Gasteiger partial charge in [0.1, 0.15) is 0 Å². The summed E-state index contributed by atoms with van der Waals surface area (Å²) in [4.78, 5) is 6.73. The van der Waals surface area contributed by atoms with Gasteiger partial charge in [-0.15, -0.1) is 0 Å². The van der Waals surface area contributed by atoms with E-state index in [1.165, 1.54) is 16.5 Å². The summed E-state index contributed by atoms with van der Waals surface area (Å²) in [6.45, 7) is 1.11. The van der Waals surface area contributed by atoms with E-state index in [9.17, 15) is 0 Å². The van der Waals surface area contributed by atoms with Crippen molar-refractivity contribution in [1.29, 1.82) is 0 Å². The Morgan fingerprint density at radius 3 is 3.05 bits per heavy atom. The largest absolute Gasteiger partial charge is 0.323 e. The molecule has 2 N–H and O–H groups in total. The second-order valence-electron chi connectivity index (χ2n) is 5.10. The number of hydrogen-bond donors (Lipinski definition) is 1. The van der Waals surface area contributed by atoms with E-state index in [-0.39, 0.29) is 6.04 Å². The van der Waals surface area contributed by atoms with Crippen LogP contribution in [0.15, 0.2) is 36.7 Å². The minimum Gasteiger partial charge on any atom is -0.323 e. The van der Waals surface area contributed by atoms with Crippen LogP contribution in [0.2, 0.25) is 0 Å². The van der Waals surface area contributed by atoms with Gasteiger partial charge in [0.2, 0.25) is 0 Å². The maximum absolute atomic E-state index is 6.53. The Hall–Kier alpha value is -1.10. The minimum absolute atomic E-state index is 0.0244. The van der Waals surface area contributed by atoms with Crippen molar-refractivity contribution in [3.05, 3.63) is 42.2 Å². The van der Waals surface area contributed by atoms with Crippen LogP contribution in [0.1, 0.15) is 11.6 Å². The maximum Gasteiger partial charge on any atom is 0.0482 e. The third-order valence-electron chi connectivity index (χ3n) is 3.92. The van der Waals surface area contributed by atoms with Crippen LogP contribution in [0.5, 0.6) is 0 Å². The smallest absolute Gasteiger partial charge is 0.0482 e.